The van der Waals surface area contributed by atoms with Crippen LogP contribution >= 0.6 is 0 Å². The van der Waals surface area contributed by atoms with E-state index in [1.54, 1.807) is 0 Å². The Morgan fingerprint density at radius 1 is 0.521 bits per heavy atom. The minimum atomic E-state index is -0.0807. The van der Waals surface area contributed by atoms with E-state index in [-0.39, 0.29) is 19.3 Å². The molecule has 0 aliphatic heterocycles. The highest BCUT2D eigenvalue weighted by Gasteiger charge is 2.28. The van der Waals surface area contributed by atoms with Crippen LogP contribution in [0.2, 0.25) is 0 Å². The maximum Gasteiger partial charge on any atom is 0.0835 e. The number of rotatable bonds is 37. The van der Waals surface area contributed by atoms with Crippen LogP contribution < -0.4 is 0 Å². The summed E-state index contributed by atoms with van der Waals surface area (Å²) < 4.78 is 49.7. The molecule has 4 atom stereocenters. The number of ether oxygens (including phenoxy) is 9. The van der Waals surface area contributed by atoms with Gasteiger partial charge in [0.05, 0.1) is 132 Å². The van der Waals surface area contributed by atoms with Gasteiger partial charge in [-0.3, -0.25) is 0 Å². The first-order valence-electron chi connectivity index (χ1n) is 19.0. The van der Waals surface area contributed by atoms with Gasteiger partial charge in [-0.05, 0) is 36.5 Å². The van der Waals surface area contributed by atoms with Gasteiger partial charge in [0.15, 0.2) is 0 Å². The predicted molar refractivity (Wildman–Crippen MR) is 188 cm³/mol. The zero-order valence-electron chi connectivity index (χ0n) is 31.0. The number of aliphatic hydroxyl groups excluding tert-OH is 2. The minimum Gasteiger partial charge on any atom is -0.394 e. The molecule has 48 heavy (non-hydrogen) atoms. The molecule has 1 aliphatic carbocycles. The molecule has 0 aromatic carbocycles. The Morgan fingerprint density at radius 2 is 0.958 bits per heavy atom. The van der Waals surface area contributed by atoms with Crippen molar-refractivity contribution in [3.8, 4) is 0 Å². The SMILES string of the molecule is CC(C)CCCC(C)CCCC1CCCC(C(CO)OCCOCCOCCOCCOCCOCCOCCOCCOCCO)C1. The second kappa shape index (κ2) is 35.0. The second-order valence-electron chi connectivity index (χ2n) is 13.4. The Kier molecular flexibility index (Phi) is 33.2. The average Bonchev–Trinajstić information content (AvgIpc) is 3.08. The van der Waals surface area contributed by atoms with E-state index in [2.05, 4.69) is 20.8 Å². The van der Waals surface area contributed by atoms with Crippen molar-refractivity contribution in [1.82, 2.24) is 0 Å². The molecule has 0 amide bonds. The fourth-order valence-corrected chi connectivity index (χ4v) is 6.01. The summed E-state index contributed by atoms with van der Waals surface area (Å²) in [5.74, 6) is 2.89. The van der Waals surface area contributed by atoms with Crippen molar-refractivity contribution >= 4 is 0 Å². The summed E-state index contributed by atoms with van der Waals surface area (Å²) in [6.07, 6.45) is 12.9. The fourth-order valence-electron chi connectivity index (χ4n) is 6.01. The molecule has 1 rings (SSSR count). The molecule has 288 valence electrons. The van der Waals surface area contributed by atoms with E-state index in [4.69, 9.17) is 47.7 Å². The summed E-state index contributed by atoms with van der Waals surface area (Å²) in [7, 11) is 0. The van der Waals surface area contributed by atoms with E-state index in [1.807, 2.05) is 0 Å². The van der Waals surface area contributed by atoms with Gasteiger partial charge in [0.25, 0.3) is 0 Å². The smallest absolute Gasteiger partial charge is 0.0835 e. The minimum absolute atomic E-state index is 0.0276. The molecule has 11 heteroatoms. The molecular formula is C37H74O11. The quantitative estimate of drug-likeness (QED) is 0.0861. The number of aliphatic hydroxyl groups is 2. The van der Waals surface area contributed by atoms with Crippen LogP contribution in [-0.4, -0.2) is 142 Å². The second-order valence-corrected chi connectivity index (χ2v) is 13.4. The lowest BCUT2D eigenvalue weighted by Crippen LogP contribution is -2.33. The first-order valence-corrected chi connectivity index (χ1v) is 19.0. The van der Waals surface area contributed by atoms with Crippen LogP contribution in [0.15, 0.2) is 0 Å². The summed E-state index contributed by atoms with van der Waals surface area (Å²) >= 11 is 0. The van der Waals surface area contributed by atoms with Gasteiger partial charge in [0.1, 0.15) is 0 Å². The molecule has 1 aliphatic rings. The average molecular weight is 695 g/mol. The molecule has 0 bridgehead atoms. The summed E-state index contributed by atoms with van der Waals surface area (Å²) in [6.45, 7) is 15.6. The third-order valence-electron chi connectivity index (χ3n) is 8.72. The summed E-state index contributed by atoms with van der Waals surface area (Å²) in [4.78, 5) is 0. The first-order chi connectivity index (χ1) is 23.6. The molecule has 11 nitrogen and oxygen atoms in total. The lowest BCUT2D eigenvalue weighted by molar-refractivity contribution is -0.0637. The largest absolute Gasteiger partial charge is 0.394 e. The molecule has 0 heterocycles. The van der Waals surface area contributed by atoms with E-state index >= 15 is 0 Å². The van der Waals surface area contributed by atoms with Crippen molar-refractivity contribution in [3.63, 3.8) is 0 Å². The van der Waals surface area contributed by atoms with Crippen molar-refractivity contribution in [2.75, 3.05) is 126 Å². The highest BCUT2D eigenvalue weighted by molar-refractivity contribution is 4.79. The third kappa shape index (κ3) is 29.3. The van der Waals surface area contributed by atoms with Gasteiger partial charge in [-0.15, -0.1) is 0 Å². The molecule has 0 radical (unpaired) electrons. The molecule has 0 spiro atoms. The lowest BCUT2D eigenvalue weighted by Gasteiger charge is -2.34. The molecule has 4 unspecified atom stereocenters. The van der Waals surface area contributed by atoms with Crippen LogP contribution in [-0.2, 0) is 42.6 Å². The van der Waals surface area contributed by atoms with Gasteiger partial charge in [0, 0.05) is 0 Å². The highest BCUT2D eigenvalue weighted by Crippen LogP contribution is 2.35. The van der Waals surface area contributed by atoms with Crippen LogP contribution in [0.4, 0.5) is 0 Å². The normalized spacial score (nSPS) is 18.1. The molecular weight excluding hydrogens is 620 g/mol. The van der Waals surface area contributed by atoms with Crippen LogP contribution in [0.5, 0.6) is 0 Å². The van der Waals surface area contributed by atoms with E-state index in [1.165, 1.54) is 57.8 Å². The number of hydrogen-bond donors (Lipinski definition) is 2. The zero-order valence-corrected chi connectivity index (χ0v) is 31.0. The lowest BCUT2D eigenvalue weighted by atomic mass is 9.76. The maximum atomic E-state index is 10.0. The van der Waals surface area contributed by atoms with E-state index < -0.39 is 0 Å². The van der Waals surface area contributed by atoms with Gasteiger partial charge in [-0.1, -0.05) is 72.1 Å². The van der Waals surface area contributed by atoms with E-state index in [0.29, 0.717) is 118 Å². The molecule has 1 fully saturated rings. The summed E-state index contributed by atoms with van der Waals surface area (Å²) in [5.41, 5.74) is 0. The summed E-state index contributed by atoms with van der Waals surface area (Å²) in [5, 5.41) is 18.6. The third-order valence-corrected chi connectivity index (χ3v) is 8.72. The molecule has 2 N–H and O–H groups in total. The Bertz CT molecular complexity index is 642. The van der Waals surface area contributed by atoms with E-state index in [9.17, 15) is 5.11 Å². The van der Waals surface area contributed by atoms with Crippen LogP contribution in [0, 0.1) is 23.7 Å². The van der Waals surface area contributed by atoms with Crippen molar-refractivity contribution in [3.05, 3.63) is 0 Å². The summed E-state index contributed by atoms with van der Waals surface area (Å²) in [6, 6.07) is 0. The van der Waals surface area contributed by atoms with E-state index in [0.717, 1.165) is 24.2 Å². The Balaban J connectivity index is 1.84. The van der Waals surface area contributed by atoms with Crippen molar-refractivity contribution in [2.24, 2.45) is 23.7 Å². The number of hydrogen-bond acceptors (Lipinski definition) is 11. The van der Waals surface area contributed by atoms with Crippen molar-refractivity contribution in [2.45, 2.75) is 91.1 Å². The van der Waals surface area contributed by atoms with Gasteiger partial charge >= 0.3 is 0 Å². The maximum absolute atomic E-state index is 10.0. The molecule has 1 saturated carbocycles. The van der Waals surface area contributed by atoms with Gasteiger partial charge in [-0.25, -0.2) is 0 Å². The monoisotopic (exact) mass is 695 g/mol. The van der Waals surface area contributed by atoms with Crippen molar-refractivity contribution < 1.29 is 52.8 Å². The molecule has 0 saturated heterocycles. The van der Waals surface area contributed by atoms with Gasteiger partial charge in [-0.2, -0.15) is 0 Å². The standard InChI is InChI=1S/C37H74O11/c1-33(2)7-4-8-34(3)9-5-10-35-11-6-12-36(31-35)37(32-39)48-30-29-47-28-27-46-26-25-45-24-23-44-22-21-43-20-19-42-18-17-41-16-15-40-14-13-38/h33-39H,4-32H2,1-3H3. The Hall–Kier alpha value is -0.440. The predicted octanol–water partition coefficient (Wildman–Crippen LogP) is 4.93. The zero-order chi connectivity index (χ0) is 34.8. The Morgan fingerprint density at radius 3 is 1.40 bits per heavy atom. The van der Waals surface area contributed by atoms with Crippen LogP contribution in [0.3, 0.4) is 0 Å². The fraction of sp³-hybridized carbons (Fsp3) is 1.00. The van der Waals surface area contributed by atoms with Gasteiger partial charge < -0.3 is 52.8 Å². The van der Waals surface area contributed by atoms with Crippen LogP contribution in [0.1, 0.15) is 85.0 Å². The topological polar surface area (TPSA) is 124 Å². The Labute approximate surface area is 292 Å². The molecule has 0 aromatic rings. The van der Waals surface area contributed by atoms with Gasteiger partial charge in [0.2, 0.25) is 0 Å². The highest BCUT2D eigenvalue weighted by atomic mass is 16.6. The molecule has 0 aromatic heterocycles. The first kappa shape index (κ1) is 45.6. The van der Waals surface area contributed by atoms with Crippen molar-refractivity contribution in [1.29, 1.82) is 0 Å². The van der Waals surface area contributed by atoms with Crippen LogP contribution in [0.25, 0.3) is 0 Å².